The average Bonchev–Trinajstić information content (AvgIpc) is 1.87. The zero-order chi connectivity index (χ0) is 8.20. The van der Waals surface area contributed by atoms with Crippen LogP contribution in [0.4, 0.5) is 0 Å². The van der Waals surface area contributed by atoms with Crippen LogP contribution in [0.2, 0.25) is 0 Å². The Kier molecular flexibility index (Phi) is 3.32. The molecule has 0 saturated carbocycles. The molecule has 0 bridgehead atoms. The molecule has 0 aromatic heterocycles. The Morgan fingerprint density at radius 2 is 2.20 bits per heavy atom. The minimum atomic E-state index is -0.455. The number of hydrazone groups is 1. The van der Waals surface area contributed by atoms with Crippen molar-refractivity contribution in [1.29, 1.82) is 0 Å². The molecule has 0 aliphatic carbocycles. The van der Waals surface area contributed by atoms with Crippen LogP contribution in [-0.4, -0.2) is 17.7 Å². The van der Waals surface area contributed by atoms with Crippen LogP contribution in [0.5, 0.6) is 0 Å². The van der Waals surface area contributed by atoms with Crippen molar-refractivity contribution in [2.75, 3.05) is 0 Å². The van der Waals surface area contributed by atoms with Crippen LogP contribution in [0.1, 0.15) is 27.2 Å². The zero-order valence-electron chi connectivity index (χ0n) is 6.63. The molecule has 0 radical (unpaired) electrons. The summed E-state index contributed by atoms with van der Waals surface area (Å²) in [5, 5.41) is 13.6. The third-order valence-corrected chi connectivity index (χ3v) is 1.29. The first kappa shape index (κ1) is 9.39. The lowest BCUT2D eigenvalue weighted by Gasteiger charge is -2.32. The molecule has 0 fully saturated rings. The van der Waals surface area contributed by atoms with Crippen molar-refractivity contribution in [1.82, 2.24) is 5.34 Å². The van der Waals surface area contributed by atoms with Crippen molar-refractivity contribution >= 4 is 6.72 Å². The molecule has 0 aromatic rings. The molecule has 0 aromatic carbocycles. The summed E-state index contributed by atoms with van der Waals surface area (Å²) < 4.78 is 0. The average molecular weight is 145 g/mol. The van der Waals surface area contributed by atoms with Crippen molar-refractivity contribution in [2.24, 2.45) is 5.10 Å². The van der Waals surface area contributed by atoms with Gasteiger partial charge in [-0.1, -0.05) is 6.92 Å². The Hall–Kier alpha value is -0.610. The first-order valence-electron chi connectivity index (χ1n) is 3.15. The predicted octanol–water partition coefficient (Wildman–Crippen LogP) is 1.52. The number of hydrogen-bond acceptors (Lipinski definition) is 4. The second-order valence-corrected chi connectivity index (χ2v) is 2.58. The van der Waals surface area contributed by atoms with Crippen LogP contribution in [0.25, 0.3) is 0 Å². The quantitative estimate of drug-likeness (QED) is 0.445. The summed E-state index contributed by atoms with van der Waals surface area (Å²) in [7, 11) is 0. The van der Waals surface area contributed by atoms with Gasteiger partial charge in [-0.2, -0.15) is 5.10 Å². The summed E-state index contributed by atoms with van der Waals surface area (Å²) >= 11 is 0. The standard InChI is InChI=1S/C6H13N2O2/c1-5-6(2,3)10-8(9)7-4/h4-5H2,1-3H3/q-1. The Morgan fingerprint density at radius 1 is 1.70 bits per heavy atom. The van der Waals surface area contributed by atoms with Crippen molar-refractivity contribution in [3.05, 3.63) is 5.21 Å². The molecule has 0 saturated heterocycles. The monoisotopic (exact) mass is 145 g/mol. The van der Waals surface area contributed by atoms with Gasteiger partial charge in [0.15, 0.2) is 0 Å². The lowest BCUT2D eigenvalue weighted by molar-refractivity contribution is -0.206. The van der Waals surface area contributed by atoms with E-state index in [0.29, 0.717) is 0 Å². The summed E-state index contributed by atoms with van der Waals surface area (Å²) in [6.07, 6.45) is 0.751. The van der Waals surface area contributed by atoms with E-state index >= 15 is 0 Å². The van der Waals surface area contributed by atoms with Crippen molar-refractivity contribution in [2.45, 2.75) is 32.8 Å². The number of hydrogen-bond donors (Lipinski definition) is 0. The summed E-state index contributed by atoms with van der Waals surface area (Å²) in [5.74, 6) is 0. The van der Waals surface area contributed by atoms with Gasteiger partial charge in [-0.3, -0.25) is 4.84 Å². The number of rotatable bonds is 4. The fraction of sp³-hybridized carbons (Fsp3) is 0.833. The molecule has 0 aliphatic heterocycles. The Morgan fingerprint density at radius 3 is 2.50 bits per heavy atom. The molecule has 60 valence electrons. The van der Waals surface area contributed by atoms with E-state index in [1.54, 1.807) is 0 Å². The highest BCUT2D eigenvalue weighted by molar-refractivity contribution is 5.22. The highest BCUT2D eigenvalue weighted by atomic mass is 16.9. The largest absolute Gasteiger partial charge is 0.716 e. The summed E-state index contributed by atoms with van der Waals surface area (Å²) in [6.45, 7) is 8.56. The van der Waals surface area contributed by atoms with E-state index in [0.717, 1.165) is 6.42 Å². The minimum Gasteiger partial charge on any atom is -0.716 e. The van der Waals surface area contributed by atoms with Gasteiger partial charge < -0.3 is 5.21 Å². The molecule has 0 unspecified atom stereocenters. The van der Waals surface area contributed by atoms with Crippen molar-refractivity contribution < 1.29 is 4.84 Å². The molecule has 0 atom stereocenters. The van der Waals surface area contributed by atoms with Crippen LogP contribution >= 0.6 is 0 Å². The molecular weight excluding hydrogens is 132 g/mol. The van der Waals surface area contributed by atoms with E-state index in [9.17, 15) is 5.21 Å². The van der Waals surface area contributed by atoms with Crippen LogP contribution in [0.15, 0.2) is 5.10 Å². The highest BCUT2D eigenvalue weighted by Crippen LogP contribution is 2.14. The van der Waals surface area contributed by atoms with E-state index in [1.165, 1.54) is 0 Å². The highest BCUT2D eigenvalue weighted by Gasteiger charge is 2.16. The van der Waals surface area contributed by atoms with Gasteiger partial charge in [-0.05, 0) is 20.3 Å². The molecule has 0 N–H and O–H groups in total. The van der Waals surface area contributed by atoms with Crippen molar-refractivity contribution in [3.63, 3.8) is 0 Å². The van der Waals surface area contributed by atoms with E-state index in [4.69, 9.17) is 4.84 Å². The third-order valence-electron chi connectivity index (χ3n) is 1.29. The van der Waals surface area contributed by atoms with E-state index < -0.39 is 5.60 Å². The topological polar surface area (TPSA) is 47.9 Å². The van der Waals surface area contributed by atoms with E-state index in [2.05, 4.69) is 11.8 Å². The summed E-state index contributed by atoms with van der Waals surface area (Å²) in [4.78, 5) is 4.78. The maximum absolute atomic E-state index is 10.5. The normalized spacial score (nSPS) is 11.2. The summed E-state index contributed by atoms with van der Waals surface area (Å²) in [6, 6.07) is 0. The second kappa shape index (κ2) is 3.53. The Balaban J connectivity index is 3.75. The fourth-order valence-electron chi connectivity index (χ4n) is 0.305. The van der Waals surface area contributed by atoms with Gasteiger partial charge in [0, 0.05) is 6.72 Å². The van der Waals surface area contributed by atoms with Gasteiger partial charge in [-0.25, -0.2) is 5.34 Å². The first-order chi connectivity index (χ1) is 4.52. The van der Waals surface area contributed by atoms with Crippen LogP contribution in [0.3, 0.4) is 0 Å². The molecule has 10 heavy (non-hydrogen) atoms. The van der Waals surface area contributed by atoms with Gasteiger partial charge in [0.2, 0.25) is 0 Å². The van der Waals surface area contributed by atoms with Crippen LogP contribution in [-0.2, 0) is 4.84 Å². The lowest BCUT2D eigenvalue weighted by Crippen LogP contribution is -2.29. The minimum absolute atomic E-state index is 0.128. The Bertz CT molecular complexity index is 114. The molecule has 4 nitrogen and oxygen atoms in total. The van der Waals surface area contributed by atoms with Gasteiger partial charge in [0.05, 0.1) is 5.60 Å². The molecular formula is C6H13N2O2-. The molecule has 0 rings (SSSR count). The van der Waals surface area contributed by atoms with Gasteiger partial charge >= 0.3 is 0 Å². The second-order valence-electron chi connectivity index (χ2n) is 2.58. The molecule has 0 amide bonds. The van der Waals surface area contributed by atoms with Gasteiger partial charge in [0.1, 0.15) is 0 Å². The third kappa shape index (κ3) is 3.42. The molecule has 0 heterocycles. The maximum Gasteiger partial charge on any atom is 0.0912 e. The maximum atomic E-state index is 10.5. The van der Waals surface area contributed by atoms with Gasteiger partial charge in [0.25, 0.3) is 0 Å². The Labute approximate surface area is 61.0 Å². The molecule has 0 spiro atoms. The number of nitrogens with zero attached hydrogens (tertiary/aromatic N) is 2. The van der Waals surface area contributed by atoms with E-state index in [1.807, 2.05) is 20.8 Å². The predicted molar refractivity (Wildman–Crippen MR) is 40.2 cm³/mol. The van der Waals surface area contributed by atoms with E-state index in [-0.39, 0.29) is 5.34 Å². The first-order valence-corrected chi connectivity index (χ1v) is 3.15. The van der Waals surface area contributed by atoms with Crippen LogP contribution < -0.4 is 0 Å². The molecule has 0 aliphatic rings. The smallest absolute Gasteiger partial charge is 0.0912 e. The van der Waals surface area contributed by atoms with Crippen LogP contribution in [0, 0.1) is 5.21 Å². The lowest BCUT2D eigenvalue weighted by atomic mass is 10.1. The van der Waals surface area contributed by atoms with Crippen molar-refractivity contribution in [3.8, 4) is 0 Å². The fourth-order valence-corrected chi connectivity index (χ4v) is 0.305. The summed E-state index contributed by atoms with van der Waals surface area (Å²) in [5.41, 5.74) is -0.455. The SMILES string of the molecule is C=NN([O-])OC(C)(C)CC. The van der Waals surface area contributed by atoms with Gasteiger partial charge in [-0.15, -0.1) is 0 Å². The molecule has 4 heteroatoms. The zero-order valence-corrected chi connectivity index (χ0v) is 6.63.